The number of benzene rings is 1. The Kier molecular flexibility index (Phi) is 9.69. The fourth-order valence-corrected chi connectivity index (χ4v) is 5.72. The van der Waals surface area contributed by atoms with Gasteiger partial charge in [-0.2, -0.15) is 8.78 Å². The van der Waals surface area contributed by atoms with Gasteiger partial charge in [-0.25, -0.2) is 18.0 Å². The number of esters is 1. The normalized spacial score (nSPS) is 12.0. The Morgan fingerprint density at radius 2 is 1.46 bits per heavy atom. The monoisotopic (exact) mass is 869 g/mol. The van der Waals surface area contributed by atoms with Gasteiger partial charge in [-0.3, -0.25) is 4.79 Å². The van der Waals surface area contributed by atoms with Gasteiger partial charge >= 0.3 is 17.2 Å². The molecule has 0 aliphatic carbocycles. The lowest BCUT2D eigenvalue weighted by Gasteiger charge is -2.19. The fourth-order valence-electron chi connectivity index (χ4n) is 1.72. The van der Waals surface area contributed by atoms with E-state index in [9.17, 15) is 41.2 Å². The molecule has 1 aromatic carbocycles. The molecule has 0 atom stereocenters. The van der Waals surface area contributed by atoms with Crippen LogP contribution in [0.15, 0.2) is 0 Å². The highest BCUT2D eigenvalue weighted by atomic mass is 127. The van der Waals surface area contributed by atoms with Crippen LogP contribution in [0.2, 0.25) is 0 Å². The van der Waals surface area contributed by atoms with Gasteiger partial charge in [0.2, 0.25) is 0 Å². The minimum Gasteiger partial charge on any atom is -0.743 e. The molecule has 8 nitrogen and oxygen atoms in total. The zero-order valence-electron chi connectivity index (χ0n) is 13.1. The predicted octanol–water partition coefficient (Wildman–Crippen LogP) is 3.45. The van der Waals surface area contributed by atoms with E-state index in [1.807, 2.05) is 45.2 Å². The van der Waals surface area contributed by atoms with E-state index >= 15 is 0 Å². The molecule has 0 unspecified atom stereocenters. The molecule has 1 rings (SSSR count). The average Bonchev–Trinajstić information content (AvgIpc) is 2.57. The zero-order chi connectivity index (χ0) is 22.0. The van der Waals surface area contributed by atoms with Gasteiger partial charge in [0, 0.05) is 27.1 Å². The number of carboxylic acids is 1. The summed E-state index contributed by atoms with van der Waals surface area (Å²) in [6.45, 7) is -0.984. The summed E-state index contributed by atoms with van der Waals surface area (Å²) >= 11 is 7.32. The first-order valence-electron chi connectivity index (χ1n) is 6.73. The molecule has 0 amide bonds. The number of ether oxygens (including phenoxy) is 1. The molecule has 0 bridgehead atoms. The standard InChI is InChI=1S/C13H8F2I4O8S/c14-13(15,28(24,25)26)2-1-4(20)3-27-12(23)6-5(11(21)22)7(16)9(18)10(19)8(6)17/h1-3H2,(H,21,22)(H,24,25,26)/p-1. The summed E-state index contributed by atoms with van der Waals surface area (Å²) in [5.74, 6) is -3.60. The molecule has 156 valence electrons. The number of Topliss-reactive ketones (excluding diaryl/α,β-unsaturated/α-hetero) is 1. The van der Waals surface area contributed by atoms with Crippen molar-refractivity contribution in [2.45, 2.75) is 18.1 Å². The van der Waals surface area contributed by atoms with Crippen molar-refractivity contribution in [3.8, 4) is 0 Å². The topological polar surface area (TPSA) is 138 Å². The minimum atomic E-state index is -5.92. The first-order valence-corrected chi connectivity index (χ1v) is 12.5. The number of alkyl halides is 2. The van der Waals surface area contributed by atoms with Crippen LogP contribution in [0.3, 0.4) is 0 Å². The molecule has 0 saturated heterocycles. The molecular weight excluding hydrogens is 862 g/mol. The second-order valence-corrected chi connectivity index (χ2v) is 10.8. The molecule has 15 heteroatoms. The van der Waals surface area contributed by atoms with E-state index in [4.69, 9.17) is 4.74 Å². The van der Waals surface area contributed by atoms with Crippen LogP contribution in [0.25, 0.3) is 0 Å². The zero-order valence-corrected chi connectivity index (χ0v) is 22.5. The summed E-state index contributed by atoms with van der Waals surface area (Å²) in [4.78, 5) is 35.5. The van der Waals surface area contributed by atoms with Crippen molar-refractivity contribution in [3.05, 3.63) is 25.4 Å². The third-order valence-electron chi connectivity index (χ3n) is 3.11. The molecule has 0 saturated carbocycles. The summed E-state index contributed by atoms with van der Waals surface area (Å²) < 4.78 is 63.7. The Hall–Kier alpha value is 0.520. The molecule has 0 radical (unpaired) electrons. The van der Waals surface area contributed by atoms with Crippen LogP contribution >= 0.6 is 90.4 Å². The van der Waals surface area contributed by atoms with Gasteiger partial charge in [-0.05, 0) is 90.4 Å². The Morgan fingerprint density at radius 3 is 1.89 bits per heavy atom. The smallest absolute Gasteiger partial charge is 0.340 e. The molecule has 0 fully saturated rings. The van der Waals surface area contributed by atoms with Crippen LogP contribution in [-0.4, -0.2) is 47.7 Å². The number of carboxylic acid groups (broad SMARTS) is 1. The van der Waals surface area contributed by atoms with Crippen LogP contribution < -0.4 is 0 Å². The highest BCUT2D eigenvalue weighted by Gasteiger charge is 2.37. The molecule has 0 aliphatic heterocycles. The lowest BCUT2D eigenvalue weighted by Crippen LogP contribution is -2.29. The van der Waals surface area contributed by atoms with Gasteiger partial charge < -0.3 is 14.4 Å². The van der Waals surface area contributed by atoms with Gasteiger partial charge in [0.15, 0.2) is 15.9 Å². The third kappa shape index (κ3) is 6.26. The van der Waals surface area contributed by atoms with Crippen LogP contribution in [0.1, 0.15) is 33.6 Å². The molecule has 0 spiro atoms. The largest absolute Gasteiger partial charge is 0.743 e. The number of rotatable bonds is 8. The van der Waals surface area contributed by atoms with E-state index in [0.29, 0.717) is 7.14 Å². The molecule has 1 N–H and O–H groups in total. The maximum atomic E-state index is 13.0. The number of hydrogen-bond donors (Lipinski definition) is 1. The highest BCUT2D eigenvalue weighted by molar-refractivity contribution is 14.1. The van der Waals surface area contributed by atoms with Gasteiger partial charge in [0.1, 0.15) is 6.61 Å². The van der Waals surface area contributed by atoms with Crippen molar-refractivity contribution >= 4 is 118 Å². The molecular formula is C13H7F2I4O8S-. The first-order chi connectivity index (χ1) is 12.6. The van der Waals surface area contributed by atoms with E-state index in [1.165, 1.54) is 0 Å². The van der Waals surface area contributed by atoms with E-state index in [0.717, 1.165) is 0 Å². The number of carbonyl (C=O) groups excluding carboxylic acids is 2. The van der Waals surface area contributed by atoms with Gasteiger partial charge in [0.25, 0.3) is 0 Å². The predicted molar refractivity (Wildman–Crippen MR) is 123 cm³/mol. The quantitative estimate of drug-likeness (QED) is 0.138. The van der Waals surface area contributed by atoms with Crippen molar-refractivity contribution in [1.29, 1.82) is 0 Å². The molecule has 28 heavy (non-hydrogen) atoms. The van der Waals surface area contributed by atoms with E-state index in [2.05, 4.69) is 0 Å². The number of aromatic carboxylic acids is 1. The van der Waals surface area contributed by atoms with Crippen molar-refractivity contribution in [3.63, 3.8) is 0 Å². The second kappa shape index (κ2) is 10.2. The van der Waals surface area contributed by atoms with Crippen LogP contribution in [0.5, 0.6) is 0 Å². The second-order valence-electron chi connectivity index (χ2n) is 5.02. The average molecular weight is 869 g/mol. The first kappa shape index (κ1) is 26.6. The minimum absolute atomic E-state index is 0.279. The molecule has 0 aromatic heterocycles. The van der Waals surface area contributed by atoms with E-state index in [1.54, 1.807) is 45.2 Å². The van der Waals surface area contributed by atoms with Crippen molar-refractivity contribution in [1.82, 2.24) is 0 Å². The Morgan fingerprint density at radius 1 is 1.00 bits per heavy atom. The van der Waals surface area contributed by atoms with E-state index in [-0.39, 0.29) is 18.3 Å². The number of carbonyl (C=O) groups is 3. The maximum Gasteiger partial charge on any atom is 0.340 e. The molecule has 0 aliphatic rings. The number of ketones is 1. The number of hydrogen-bond acceptors (Lipinski definition) is 7. The number of halogens is 6. The molecule has 1 aromatic rings. The summed E-state index contributed by atoms with van der Waals surface area (Å²) in [5.41, 5.74) is -0.612. The van der Waals surface area contributed by atoms with Gasteiger partial charge in [-0.15, -0.1) is 0 Å². The summed E-state index contributed by atoms with van der Waals surface area (Å²) in [7, 11) is -5.92. The Balaban J connectivity index is 2.98. The molecule has 0 heterocycles. The fraction of sp³-hybridized carbons (Fsp3) is 0.308. The van der Waals surface area contributed by atoms with Crippen LogP contribution in [0.4, 0.5) is 8.78 Å². The Labute approximate surface area is 211 Å². The summed E-state index contributed by atoms with van der Waals surface area (Å²) in [6, 6.07) is 0. The van der Waals surface area contributed by atoms with Crippen molar-refractivity contribution < 1.29 is 46.0 Å². The SMILES string of the molecule is O=C(CCC(F)(F)S(=O)(=O)[O-])COC(=O)c1c(I)c(I)c(I)c(I)c1C(=O)O. The van der Waals surface area contributed by atoms with Gasteiger partial charge in [0.05, 0.1) is 11.1 Å². The van der Waals surface area contributed by atoms with E-state index < -0.39 is 52.5 Å². The van der Waals surface area contributed by atoms with Crippen molar-refractivity contribution in [2.24, 2.45) is 0 Å². The Bertz CT molecular complexity index is 949. The summed E-state index contributed by atoms with van der Waals surface area (Å²) in [5, 5.41) is 4.78. The lowest BCUT2D eigenvalue weighted by atomic mass is 10.1. The van der Waals surface area contributed by atoms with Crippen molar-refractivity contribution in [2.75, 3.05) is 6.61 Å². The maximum absolute atomic E-state index is 13.0. The lowest BCUT2D eigenvalue weighted by molar-refractivity contribution is -0.123. The van der Waals surface area contributed by atoms with Crippen LogP contribution in [-0.2, 0) is 19.6 Å². The van der Waals surface area contributed by atoms with Gasteiger partial charge in [-0.1, -0.05) is 0 Å². The van der Waals surface area contributed by atoms with Crippen LogP contribution in [0, 0.1) is 14.3 Å². The highest BCUT2D eigenvalue weighted by Crippen LogP contribution is 2.33. The third-order valence-corrected chi connectivity index (χ3v) is 11.5. The summed E-state index contributed by atoms with van der Waals surface area (Å²) in [6.07, 6.45) is -2.57.